The average molecular weight is 317 g/mol. The first-order valence-corrected chi connectivity index (χ1v) is 8.29. The lowest BCUT2D eigenvalue weighted by atomic mass is 10.1. The molecule has 0 N–H and O–H groups in total. The molecule has 6 nitrogen and oxygen atoms in total. The zero-order valence-electron chi connectivity index (χ0n) is 13.5. The summed E-state index contributed by atoms with van der Waals surface area (Å²) in [7, 11) is 0. The third-order valence-corrected chi connectivity index (χ3v) is 4.60. The molecule has 3 rings (SSSR count). The lowest BCUT2D eigenvalue weighted by Gasteiger charge is -2.27. The van der Waals surface area contributed by atoms with Crippen molar-refractivity contribution in [2.75, 3.05) is 31.1 Å². The largest absolute Gasteiger partial charge is 0.376 e. The van der Waals surface area contributed by atoms with E-state index < -0.39 is 0 Å². The van der Waals surface area contributed by atoms with Gasteiger partial charge in [-0.05, 0) is 31.9 Å². The van der Waals surface area contributed by atoms with Crippen LogP contribution in [0.1, 0.15) is 26.2 Å². The van der Waals surface area contributed by atoms with Crippen molar-refractivity contribution < 1.29 is 14.3 Å². The van der Waals surface area contributed by atoms with E-state index in [0.717, 1.165) is 25.1 Å². The summed E-state index contributed by atoms with van der Waals surface area (Å²) in [4.78, 5) is 32.5. The fourth-order valence-electron chi connectivity index (χ4n) is 3.30. The van der Waals surface area contributed by atoms with Crippen LogP contribution in [0.4, 0.5) is 5.69 Å². The van der Waals surface area contributed by atoms with Crippen molar-refractivity contribution in [3.63, 3.8) is 0 Å². The van der Waals surface area contributed by atoms with E-state index in [2.05, 4.69) is 4.98 Å². The molecular formula is C17H23N3O3. The Balaban J connectivity index is 1.77. The van der Waals surface area contributed by atoms with E-state index in [0.29, 0.717) is 26.1 Å². The zero-order chi connectivity index (χ0) is 16.2. The second kappa shape index (κ2) is 7.08. The number of aromatic nitrogens is 1. The third kappa shape index (κ3) is 3.52. The van der Waals surface area contributed by atoms with Crippen LogP contribution in [0.5, 0.6) is 0 Å². The number of carbonyl (C=O) groups excluding carboxylic acids is 2. The molecule has 2 aliphatic heterocycles. The molecule has 0 aliphatic carbocycles. The van der Waals surface area contributed by atoms with Crippen molar-refractivity contribution in [3.8, 4) is 0 Å². The molecule has 2 saturated heterocycles. The quantitative estimate of drug-likeness (QED) is 0.825. The number of carbonyl (C=O) groups is 2. The monoisotopic (exact) mass is 317 g/mol. The Labute approximate surface area is 136 Å². The van der Waals surface area contributed by atoms with Crippen LogP contribution < -0.4 is 4.90 Å². The van der Waals surface area contributed by atoms with Crippen LogP contribution in [0.25, 0.3) is 0 Å². The van der Waals surface area contributed by atoms with E-state index in [1.54, 1.807) is 22.2 Å². The molecule has 1 aromatic rings. The van der Waals surface area contributed by atoms with Gasteiger partial charge in [0, 0.05) is 44.2 Å². The van der Waals surface area contributed by atoms with Gasteiger partial charge in [0.2, 0.25) is 11.8 Å². The summed E-state index contributed by atoms with van der Waals surface area (Å²) in [5, 5.41) is 0. The molecule has 0 aromatic carbocycles. The predicted octanol–water partition coefficient (Wildman–Crippen LogP) is 1.46. The molecule has 23 heavy (non-hydrogen) atoms. The highest BCUT2D eigenvalue weighted by Gasteiger charge is 2.37. The minimum atomic E-state index is -0.267. The fraction of sp³-hybridized carbons (Fsp3) is 0.588. The summed E-state index contributed by atoms with van der Waals surface area (Å²) >= 11 is 0. The standard InChI is InChI=1S/C17H23N3O3/c1-2-19-11-13(10-16(19)21)17(22)20(12-15-4-3-9-23-15)14-5-7-18-8-6-14/h5-8,13,15H,2-4,9-12H2,1H3. The minimum Gasteiger partial charge on any atom is -0.376 e. The Kier molecular flexibility index (Phi) is 4.91. The first-order chi connectivity index (χ1) is 11.2. The van der Waals surface area contributed by atoms with Gasteiger partial charge in [-0.25, -0.2) is 0 Å². The van der Waals surface area contributed by atoms with Gasteiger partial charge in [-0.3, -0.25) is 14.6 Å². The van der Waals surface area contributed by atoms with Crippen molar-refractivity contribution in [3.05, 3.63) is 24.5 Å². The summed E-state index contributed by atoms with van der Waals surface area (Å²) in [6, 6.07) is 3.67. The van der Waals surface area contributed by atoms with E-state index in [4.69, 9.17) is 4.74 Å². The number of likely N-dealkylation sites (tertiary alicyclic amines) is 1. The average Bonchev–Trinajstić information content (AvgIpc) is 3.22. The molecular weight excluding hydrogens is 294 g/mol. The number of nitrogens with zero attached hydrogens (tertiary/aromatic N) is 3. The first-order valence-electron chi connectivity index (χ1n) is 8.29. The van der Waals surface area contributed by atoms with Crippen molar-refractivity contribution in [2.24, 2.45) is 5.92 Å². The van der Waals surface area contributed by atoms with Crippen molar-refractivity contribution in [1.82, 2.24) is 9.88 Å². The molecule has 0 bridgehead atoms. The summed E-state index contributed by atoms with van der Waals surface area (Å²) in [6.07, 6.45) is 5.76. The van der Waals surface area contributed by atoms with Crippen LogP contribution in [0.3, 0.4) is 0 Å². The van der Waals surface area contributed by atoms with Gasteiger partial charge in [0.15, 0.2) is 0 Å². The highest BCUT2D eigenvalue weighted by molar-refractivity contribution is 5.99. The van der Waals surface area contributed by atoms with Crippen molar-refractivity contribution in [1.29, 1.82) is 0 Å². The van der Waals surface area contributed by atoms with E-state index in [9.17, 15) is 9.59 Å². The lowest BCUT2D eigenvalue weighted by Crippen LogP contribution is -2.42. The molecule has 3 heterocycles. The van der Waals surface area contributed by atoms with Gasteiger partial charge >= 0.3 is 0 Å². The maximum atomic E-state index is 13.0. The van der Waals surface area contributed by atoms with E-state index in [1.807, 2.05) is 19.1 Å². The molecule has 1 aromatic heterocycles. The summed E-state index contributed by atoms with van der Waals surface area (Å²) in [5.74, 6) is -0.189. The Bertz CT molecular complexity index is 557. The van der Waals surface area contributed by atoms with Crippen LogP contribution in [-0.2, 0) is 14.3 Å². The topological polar surface area (TPSA) is 62.7 Å². The van der Waals surface area contributed by atoms with Gasteiger partial charge in [-0.15, -0.1) is 0 Å². The summed E-state index contributed by atoms with van der Waals surface area (Å²) < 4.78 is 5.69. The third-order valence-electron chi connectivity index (χ3n) is 4.60. The first kappa shape index (κ1) is 15.9. The van der Waals surface area contributed by atoms with Crippen LogP contribution in [0.2, 0.25) is 0 Å². The number of hydrogen-bond donors (Lipinski definition) is 0. The zero-order valence-corrected chi connectivity index (χ0v) is 13.5. The van der Waals surface area contributed by atoms with Gasteiger partial charge in [-0.2, -0.15) is 0 Å². The predicted molar refractivity (Wildman–Crippen MR) is 85.9 cm³/mol. The Morgan fingerprint density at radius 3 is 2.83 bits per heavy atom. The lowest BCUT2D eigenvalue weighted by molar-refractivity contribution is -0.128. The SMILES string of the molecule is CCN1CC(C(=O)N(CC2CCCO2)c2ccncc2)CC1=O. The second-order valence-electron chi connectivity index (χ2n) is 6.12. The number of pyridine rings is 1. The number of hydrogen-bond acceptors (Lipinski definition) is 4. The summed E-state index contributed by atoms with van der Waals surface area (Å²) in [6.45, 7) is 4.41. The van der Waals surface area contributed by atoms with Gasteiger partial charge < -0.3 is 14.5 Å². The van der Waals surface area contributed by atoms with Crippen molar-refractivity contribution >= 4 is 17.5 Å². The number of anilines is 1. The normalized spacial score (nSPS) is 24.2. The van der Waals surface area contributed by atoms with E-state index in [-0.39, 0.29) is 23.8 Å². The van der Waals surface area contributed by atoms with Crippen LogP contribution in [0, 0.1) is 5.92 Å². The van der Waals surface area contributed by atoms with Gasteiger partial charge in [-0.1, -0.05) is 0 Å². The molecule has 6 heteroatoms. The molecule has 0 radical (unpaired) electrons. The van der Waals surface area contributed by atoms with E-state index >= 15 is 0 Å². The van der Waals surface area contributed by atoms with Crippen LogP contribution >= 0.6 is 0 Å². The number of ether oxygens (including phenoxy) is 1. The van der Waals surface area contributed by atoms with Crippen LogP contribution in [0.15, 0.2) is 24.5 Å². The number of rotatable bonds is 5. The fourth-order valence-corrected chi connectivity index (χ4v) is 3.30. The van der Waals surface area contributed by atoms with E-state index in [1.165, 1.54) is 0 Å². The molecule has 2 fully saturated rings. The Morgan fingerprint density at radius 1 is 1.43 bits per heavy atom. The molecule has 124 valence electrons. The van der Waals surface area contributed by atoms with Gasteiger partial charge in [0.1, 0.15) is 0 Å². The molecule has 2 amide bonds. The smallest absolute Gasteiger partial charge is 0.232 e. The Morgan fingerprint density at radius 2 is 2.22 bits per heavy atom. The maximum absolute atomic E-state index is 13.0. The van der Waals surface area contributed by atoms with Crippen molar-refractivity contribution in [2.45, 2.75) is 32.3 Å². The summed E-state index contributed by atoms with van der Waals surface area (Å²) in [5.41, 5.74) is 0.822. The molecule has 2 unspecified atom stereocenters. The molecule has 2 atom stereocenters. The highest BCUT2D eigenvalue weighted by atomic mass is 16.5. The van der Waals surface area contributed by atoms with Crippen LogP contribution in [-0.4, -0.2) is 54.0 Å². The Hall–Kier alpha value is -1.95. The van der Waals surface area contributed by atoms with Gasteiger partial charge in [0.05, 0.1) is 18.6 Å². The maximum Gasteiger partial charge on any atom is 0.232 e. The molecule has 0 spiro atoms. The number of amides is 2. The minimum absolute atomic E-state index is 0.0102. The highest BCUT2D eigenvalue weighted by Crippen LogP contribution is 2.25. The molecule has 2 aliphatic rings. The second-order valence-corrected chi connectivity index (χ2v) is 6.12. The van der Waals surface area contributed by atoms with Gasteiger partial charge in [0.25, 0.3) is 0 Å². The molecule has 0 saturated carbocycles.